The van der Waals surface area contributed by atoms with Crippen LogP contribution in [0.4, 0.5) is 11.4 Å². The van der Waals surface area contributed by atoms with E-state index in [1.54, 1.807) is 0 Å². The van der Waals surface area contributed by atoms with Gasteiger partial charge < -0.3 is 4.90 Å². The summed E-state index contributed by atoms with van der Waals surface area (Å²) in [6.07, 6.45) is 2.14. The Morgan fingerprint density at radius 3 is 2.62 bits per heavy atom. The molecule has 0 radical (unpaired) electrons. The number of aromatic nitrogens is 1. The minimum Gasteiger partial charge on any atom is -0.340 e. The van der Waals surface area contributed by atoms with Crippen LogP contribution in [0.5, 0.6) is 0 Å². The second-order valence-corrected chi connectivity index (χ2v) is 6.38. The molecule has 0 unspecified atom stereocenters. The van der Waals surface area contributed by atoms with Crippen LogP contribution >= 0.6 is 12.4 Å². The Kier molecular flexibility index (Phi) is 4.51. The van der Waals surface area contributed by atoms with E-state index in [9.17, 15) is 0 Å². The number of anilines is 2. The number of para-hydroxylation sites is 2. The maximum absolute atomic E-state index is 4.89. The lowest BCUT2D eigenvalue weighted by molar-refractivity contribution is 0.974. The van der Waals surface area contributed by atoms with Crippen molar-refractivity contribution in [2.45, 2.75) is 33.6 Å². The monoisotopic (exact) mass is 338 g/mol. The van der Waals surface area contributed by atoms with Crippen LogP contribution in [0.25, 0.3) is 10.9 Å². The number of pyridine rings is 1. The molecule has 1 aliphatic rings. The third kappa shape index (κ3) is 2.46. The highest BCUT2D eigenvalue weighted by atomic mass is 35.5. The number of rotatable bonds is 2. The van der Waals surface area contributed by atoms with E-state index in [1.165, 1.54) is 39.1 Å². The van der Waals surface area contributed by atoms with Crippen LogP contribution in [-0.4, -0.2) is 11.5 Å². The van der Waals surface area contributed by atoms with Gasteiger partial charge in [0.2, 0.25) is 0 Å². The van der Waals surface area contributed by atoms with Crippen LogP contribution in [0.1, 0.15) is 29.3 Å². The van der Waals surface area contributed by atoms with Gasteiger partial charge in [0.05, 0.1) is 11.2 Å². The normalized spacial score (nSPS) is 13.0. The van der Waals surface area contributed by atoms with Gasteiger partial charge >= 0.3 is 0 Å². The fourth-order valence-electron chi connectivity index (χ4n) is 3.82. The minimum absolute atomic E-state index is 0. The lowest BCUT2D eigenvalue weighted by Gasteiger charge is -2.24. The second-order valence-electron chi connectivity index (χ2n) is 6.38. The highest BCUT2D eigenvalue weighted by Gasteiger charge is 2.26. The molecule has 2 nitrogen and oxygen atoms in total. The molecule has 0 amide bonds. The summed E-state index contributed by atoms with van der Waals surface area (Å²) >= 11 is 0. The third-order valence-electron chi connectivity index (χ3n) is 5.01. The van der Waals surface area contributed by atoms with Crippen LogP contribution in [0.2, 0.25) is 0 Å². The van der Waals surface area contributed by atoms with Crippen molar-refractivity contribution in [2.24, 2.45) is 0 Å². The summed E-state index contributed by atoms with van der Waals surface area (Å²) in [4.78, 5) is 7.40. The van der Waals surface area contributed by atoms with E-state index in [2.05, 4.69) is 68.1 Å². The molecule has 0 saturated heterocycles. The first kappa shape index (κ1) is 16.8. The van der Waals surface area contributed by atoms with Crippen molar-refractivity contribution in [1.82, 2.24) is 4.98 Å². The van der Waals surface area contributed by atoms with Crippen molar-refractivity contribution >= 4 is 34.7 Å². The van der Waals surface area contributed by atoms with Crippen LogP contribution in [0, 0.1) is 13.8 Å². The van der Waals surface area contributed by atoms with Gasteiger partial charge in [-0.1, -0.05) is 43.3 Å². The van der Waals surface area contributed by atoms with E-state index in [1.807, 2.05) is 0 Å². The number of hydrogen-bond donors (Lipinski definition) is 0. The topological polar surface area (TPSA) is 16.1 Å². The average Bonchev–Trinajstić information content (AvgIpc) is 3.02. The van der Waals surface area contributed by atoms with E-state index in [-0.39, 0.29) is 12.4 Å². The van der Waals surface area contributed by atoms with Crippen molar-refractivity contribution in [3.8, 4) is 0 Å². The molecule has 0 bridgehead atoms. The third-order valence-corrected chi connectivity index (χ3v) is 5.01. The van der Waals surface area contributed by atoms with Crippen LogP contribution in [0.3, 0.4) is 0 Å². The fourth-order valence-corrected chi connectivity index (χ4v) is 3.82. The molecule has 3 heteroatoms. The molecule has 0 N–H and O–H groups in total. The Morgan fingerprint density at radius 1 is 1.04 bits per heavy atom. The molecule has 1 aromatic heterocycles. The zero-order valence-corrected chi connectivity index (χ0v) is 15.3. The van der Waals surface area contributed by atoms with Crippen LogP contribution in [-0.2, 0) is 12.8 Å². The Labute approximate surface area is 149 Å². The standard InChI is InChI=1S/C21H22N2.ClH/c1-4-16-9-5-6-11-19(16)23-13-12-17-15(3)22-20-14(2)8-7-10-18(20)21(17)23;/h5-11H,4,12-13H2,1-3H3;1H. The smallest absolute Gasteiger partial charge is 0.0755 e. The van der Waals surface area contributed by atoms with Crippen molar-refractivity contribution in [3.63, 3.8) is 0 Å². The minimum atomic E-state index is 0. The molecule has 2 heterocycles. The highest BCUT2D eigenvalue weighted by Crippen LogP contribution is 2.42. The van der Waals surface area contributed by atoms with E-state index in [0.717, 1.165) is 24.9 Å². The summed E-state index contributed by atoms with van der Waals surface area (Å²) < 4.78 is 0. The Hall–Kier alpha value is -2.06. The predicted molar refractivity (Wildman–Crippen MR) is 105 cm³/mol. The second kappa shape index (κ2) is 6.45. The Bertz CT molecular complexity index is 902. The number of hydrogen-bond acceptors (Lipinski definition) is 2. The molecule has 1 aliphatic heterocycles. The van der Waals surface area contributed by atoms with Gasteiger partial charge in [-0.05, 0) is 49.4 Å². The molecule has 0 aliphatic carbocycles. The van der Waals surface area contributed by atoms with Crippen molar-refractivity contribution in [2.75, 3.05) is 11.4 Å². The summed E-state index contributed by atoms with van der Waals surface area (Å²) in [6.45, 7) is 7.58. The van der Waals surface area contributed by atoms with Gasteiger partial charge in [0.1, 0.15) is 0 Å². The van der Waals surface area contributed by atoms with E-state index >= 15 is 0 Å². The molecular formula is C21H23ClN2. The molecule has 24 heavy (non-hydrogen) atoms. The van der Waals surface area contributed by atoms with Gasteiger partial charge in [-0.15, -0.1) is 12.4 Å². The highest BCUT2D eigenvalue weighted by molar-refractivity contribution is 5.98. The first-order valence-electron chi connectivity index (χ1n) is 8.45. The first-order valence-corrected chi connectivity index (χ1v) is 8.45. The number of fused-ring (bicyclic) bond motifs is 3. The molecule has 0 saturated carbocycles. The zero-order chi connectivity index (χ0) is 16.0. The van der Waals surface area contributed by atoms with Gasteiger partial charge in [-0.3, -0.25) is 4.98 Å². The molecule has 124 valence electrons. The van der Waals surface area contributed by atoms with E-state index in [4.69, 9.17) is 4.98 Å². The number of benzene rings is 2. The molecule has 0 fully saturated rings. The van der Waals surface area contributed by atoms with Gasteiger partial charge in [0, 0.05) is 23.3 Å². The summed E-state index contributed by atoms with van der Waals surface area (Å²) in [7, 11) is 0. The maximum Gasteiger partial charge on any atom is 0.0755 e. The average molecular weight is 339 g/mol. The summed E-state index contributed by atoms with van der Waals surface area (Å²) in [5.41, 5.74) is 9.12. The zero-order valence-electron chi connectivity index (χ0n) is 14.5. The van der Waals surface area contributed by atoms with Gasteiger partial charge in [-0.25, -0.2) is 0 Å². The van der Waals surface area contributed by atoms with Crippen LogP contribution in [0.15, 0.2) is 42.5 Å². The molecule has 0 atom stereocenters. The molecule has 4 rings (SSSR count). The fraction of sp³-hybridized carbons (Fsp3) is 0.286. The molecule has 2 aromatic carbocycles. The molecule has 0 spiro atoms. The number of nitrogens with zero attached hydrogens (tertiary/aromatic N) is 2. The maximum atomic E-state index is 4.89. The summed E-state index contributed by atoms with van der Waals surface area (Å²) in [5, 5.41) is 1.29. The van der Waals surface area contributed by atoms with E-state index < -0.39 is 0 Å². The van der Waals surface area contributed by atoms with E-state index in [0.29, 0.717) is 0 Å². The van der Waals surface area contributed by atoms with Gasteiger partial charge in [-0.2, -0.15) is 0 Å². The SMILES string of the molecule is CCc1ccccc1N1CCc2c(C)nc3c(C)cccc3c21.Cl. The number of aryl methyl sites for hydroxylation is 3. The van der Waals surface area contributed by atoms with Crippen molar-refractivity contribution in [1.29, 1.82) is 0 Å². The summed E-state index contributed by atoms with van der Waals surface area (Å²) in [5.74, 6) is 0. The van der Waals surface area contributed by atoms with Crippen LogP contribution < -0.4 is 4.90 Å². The predicted octanol–water partition coefficient (Wildman–Crippen LogP) is 5.53. The van der Waals surface area contributed by atoms with Crippen molar-refractivity contribution in [3.05, 3.63) is 64.8 Å². The molecular weight excluding hydrogens is 316 g/mol. The largest absolute Gasteiger partial charge is 0.340 e. The first-order chi connectivity index (χ1) is 11.2. The van der Waals surface area contributed by atoms with Gasteiger partial charge in [0.15, 0.2) is 0 Å². The number of halogens is 1. The lowest BCUT2D eigenvalue weighted by atomic mass is 10.0. The Balaban J connectivity index is 0.00000169. The Morgan fingerprint density at radius 2 is 1.83 bits per heavy atom. The van der Waals surface area contributed by atoms with Crippen molar-refractivity contribution < 1.29 is 0 Å². The lowest BCUT2D eigenvalue weighted by Crippen LogP contribution is -2.15. The van der Waals surface area contributed by atoms with Gasteiger partial charge in [0.25, 0.3) is 0 Å². The summed E-state index contributed by atoms with van der Waals surface area (Å²) in [6, 6.07) is 15.3. The quantitative estimate of drug-likeness (QED) is 0.610. The molecule has 3 aromatic rings.